The summed E-state index contributed by atoms with van der Waals surface area (Å²) < 4.78 is 0. The van der Waals surface area contributed by atoms with Gasteiger partial charge in [0.25, 0.3) is 0 Å². The maximum Gasteiger partial charge on any atom is 0.161 e. The molecule has 0 saturated heterocycles. The molecule has 0 aromatic heterocycles. The molecule has 4 rings (SSSR count). The monoisotopic (exact) mass is 440 g/mol. The molecule has 2 aromatic rings. The molecule has 6 heteroatoms. The summed E-state index contributed by atoms with van der Waals surface area (Å²) in [4.78, 5) is 12.8. The number of hydrogen-bond donors (Lipinski definition) is 1. The van der Waals surface area contributed by atoms with Crippen LogP contribution < -0.4 is 5.32 Å². The van der Waals surface area contributed by atoms with Gasteiger partial charge in [-0.3, -0.25) is 4.79 Å². The van der Waals surface area contributed by atoms with E-state index in [9.17, 15) is 10.1 Å². The van der Waals surface area contributed by atoms with Crippen molar-refractivity contribution in [1.82, 2.24) is 5.32 Å². The molecule has 0 radical (unpaired) electrons. The van der Waals surface area contributed by atoms with E-state index in [0.717, 1.165) is 29.3 Å². The summed E-state index contributed by atoms with van der Waals surface area (Å²) in [7, 11) is 0. The van der Waals surface area contributed by atoms with Crippen molar-refractivity contribution in [2.75, 3.05) is 0 Å². The molecule has 0 bridgehead atoms. The Morgan fingerprint density at radius 1 is 1.10 bits per heavy atom. The summed E-state index contributed by atoms with van der Waals surface area (Å²) in [6.07, 6.45) is 2.07. The van der Waals surface area contributed by atoms with Gasteiger partial charge in [-0.1, -0.05) is 65.7 Å². The predicted molar refractivity (Wildman–Crippen MR) is 119 cm³/mol. The van der Waals surface area contributed by atoms with Crippen LogP contribution in [0.15, 0.2) is 70.4 Å². The zero-order chi connectivity index (χ0) is 20.4. The number of allylic oxidation sites excluding steroid dienone is 3. The van der Waals surface area contributed by atoms with Gasteiger partial charge in [0.15, 0.2) is 5.78 Å². The number of carbonyl (C=O) groups excluding carboxylic acids is 1. The zero-order valence-electron chi connectivity index (χ0n) is 15.5. The van der Waals surface area contributed by atoms with Crippen molar-refractivity contribution < 1.29 is 4.79 Å². The molecule has 1 aliphatic heterocycles. The predicted octanol–water partition coefficient (Wildman–Crippen LogP) is 6.36. The topological polar surface area (TPSA) is 52.9 Å². The van der Waals surface area contributed by atoms with Gasteiger partial charge in [-0.15, -0.1) is 11.8 Å². The number of hydrogen-bond acceptors (Lipinski definition) is 4. The van der Waals surface area contributed by atoms with Gasteiger partial charge in [0.1, 0.15) is 0 Å². The van der Waals surface area contributed by atoms with Crippen LogP contribution in [0.5, 0.6) is 0 Å². The van der Waals surface area contributed by atoms with Gasteiger partial charge >= 0.3 is 0 Å². The molecule has 1 unspecified atom stereocenters. The van der Waals surface area contributed by atoms with Crippen molar-refractivity contribution >= 4 is 40.7 Å². The van der Waals surface area contributed by atoms with E-state index in [1.165, 1.54) is 5.56 Å². The zero-order valence-corrected chi connectivity index (χ0v) is 17.9. The van der Waals surface area contributed by atoms with E-state index >= 15 is 0 Å². The Morgan fingerprint density at radius 2 is 1.90 bits per heavy atom. The van der Waals surface area contributed by atoms with Crippen LogP contribution in [0.4, 0.5) is 0 Å². The van der Waals surface area contributed by atoms with E-state index in [2.05, 4.69) is 23.5 Å². The number of carbonyl (C=O) groups is 1. The lowest BCUT2D eigenvalue weighted by atomic mass is 9.77. The largest absolute Gasteiger partial charge is 0.352 e. The summed E-state index contributed by atoms with van der Waals surface area (Å²) in [5.41, 5.74) is 3.95. The van der Waals surface area contributed by atoms with E-state index < -0.39 is 5.92 Å². The number of thioether (sulfide) groups is 1. The fourth-order valence-electron chi connectivity index (χ4n) is 3.82. The first-order chi connectivity index (χ1) is 14.1. The standard InChI is InChI=1S/C23H18Cl2N2OS/c24-17-9-4-8-15(22(17)25)20-16(12-26)23(29-13-14-6-2-1-3-7-14)27-18-10-5-11-19(28)21(18)20/h1-4,6-9,20,27H,5,10-11,13H2. The average molecular weight is 441 g/mol. The number of Topliss-reactive ketones (excluding diaryl/α,β-unsaturated/α-hetero) is 1. The van der Waals surface area contributed by atoms with E-state index in [1.54, 1.807) is 17.8 Å². The first-order valence-electron chi connectivity index (χ1n) is 9.38. The van der Waals surface area contributed by atoms with Crippen molar-refractivity contribution in [1.29, 1.82) is 5.26 Å². The van der Waals surface area contributed by atoms with E-state index in [0.29, 0.717) is 33.2 Å². The minimum absolute atomic E-state index is 0.0691. The molecule has 1 atom stereocenters. The van der Waals surface area contributed by atoms with Crippen molar-refractivity contribution in [3.8, 4) is 6.07 Å². The molecule has 1 N–H and O–H groups in total. The van der Waals surface area contributed by atoms with Crippen molar-refractivity contribution in [2.45, 2.75) is 30.9 Å². The highest BCUT2D eigenvalue weighted by Gasteiger charge is 2.38. The van der Waals surface area contributed by atoms with Gasteiger partial charge in [-0.2, -0.15) is 5.26 Å². The van der Waals surface area contributed by atoms with Gasteiger partial charge < -0.3 is 5.32 Å². The molecular weight excluding hydrogens is 423 g/mol. The molecule has 29 heavy (non-hydrogen) atoms. The molecule has 2 aromatic carbocycles. The highest BCUT2D eigenvalue weighted by molar-refractivity contribution is 8.02. The normalized spacial score (nSPS) is 18.9. The lowest BCUT2D eigenvalue weighted by molar-refractivity contribution is -0.116. The van der Waals surface area contributed by atoms with Crippen LogP contribution in [0.25, 0.3) is 0 Å². The molecular formula is C23H18Cl2N2OS. The quantitative estimate of drug-likeness (QED) is 0.600. The number of ketones is 1. The molecule has 1 aliphatic carbocycles. The molecule has 2 aliphatic rings. The fourth-order valence-corrected chi connectivity index (χ4v) is 5.26. The number of nitriles is 1. The third-order valence-electron chi connectivity index (χ3n) is 5.18. The van der Waals surface area contributed by atoms with Gasteiger partial charge in [-0.05, 0) is 30.0 Å². The number of halogens is 2. The smallest absolute Gasteiger partial charge is 0.161 e. The van der Waals surface area contributed by atoms with Crippen LogP contribution >= 0.6 is 35.0 Å². The Bertz CT molecular complexity index is 1070. The molecule has 0 saturated carbocycles. The lowest BCUT2D eigenvalue weighted by Crippen LogP contribution is -2.31. The number of rotatable bonds is 4. The summed E-state index contributed by atoms with van der Waals surface area (Å²) in [6, 6.07) is 17.8. The van der Waals surface area contributed by atoms with Crippen molar-refractivity contribution in [2.24, 2.45) is 0 Å². The second-order valence-electron chi connectivity index (χ2n) is 7.00. The van der Waals surface area contributed by atoms with Gasteiger partial charge in [0.2, 0.25) is 0 Å². The summed E-state index contributed by atoms with van der Waals surface area (Å²) in [5, 5.41) is 15.0. The van der Waals surface area contributed by atoms with Crippen molar-refractivity contribution in [3.63, 3.8) is 0 Å². The summed E-state index contributed by atoms with van der Waals surface area (Å²) in [5.74, 6) is 0.300. The molecule has 0 spiro atoms. The van der Waals surface area contributed by atoms with Crippen LogP contribution in [0.2, 0.25) is 10.0 Å². The van der Waals surface area contributed by atoms with Gasteiger partial charge in [-0.25, -0.2) is 0 Å². The van der Waals surface area contributed by atoms with Crippen LogP contribution in [-0.2, 0) is 10.5 Å². The summed E-state index contributed by atoms with van der Waals surface area (Å²) >= 11 is 14.4. The molecule has 146 valence electrons. The van der Waals surface area contributed by atoms with Gasteiger partial charge in [0.05, 0.1) is 32.6 Å². The Morgan fingerprint density at radius 3 is 2.66 bits per heavy atom. The second kappa shape index (κ2) is 8.67. The Kier molecular flexibility index (Phi) is 6.01. The van der Waals surface area contributed by atoms with E-state index in [-0.39, 0.29) is 5.78 Å². The van der Waals surface area contributed by atoms with Crippen LogP contribution in [0.1, 0.15) is 36.3 Å². The first kappa shape index (κ1) is 20.1. The Labute approximate surface area is 184 Å². The number of benzene rings is 2. The van der Waals surface area contributed by atoms with Crippen LogP contribution in [0.3, 0.4) is 0 Å². The number of nitrogens with one attached hydrogen (secondary N) is 1. The highest BCUT2D eigenvalue weighted by atomic mass is 35.5. The maximum absolute atomic E-state index is 12.8. The highest BCUT2D eigenvalue weighted by Crippen LogP contribution is 2.47. The molecule has 3 nitrogen and oxygen atoms in total. The third-order valence-corrected chi connectivity index (χ3v) is 7.10. The first-order valence-corrected chi connectivity index (χ1v) is 11.1. The summed E-state index contributed by atoms with van der Waals surface area (Å²) in [6.45, 7) is 0. The Balaban J connectivity index is 1.80. The van der Waals surface area contributed by atoms with Gasteiger partial charge in [0, 0.05) is 23.4 Å². The minimum Gasteiger partial charge on any atom is -0.352 e. The third kappa shape index (κ3) is 3.96. The minimum atomic E-state index is -0.492. The maximum atomic E-state index is 12.8. The second-order valence-corrected chi connectivity index (χ2v) is 8.77. The van der Waals surface area contributed by atoms with Crippen LogP contribution in [0, 0.1) is 11.3 Å². The average Bonchev–Trinajstić information content (AvgIpc) is 2.74. The van der Waals surface area contributed by atoms with Crippen molar-refractivity contribution in [3.05, 3.63) is 91.6 Å². The van der Waals surface area contributed by atoms with E-state index in [4.69, 9.17) is 23.2 Å². The number of dihydropyridines is 1. The van der Waals surface area contributed by atoms with Crippen LogP contribution in [-0.4, -0.2) is 5.78 Å². The Hall–Kier alpha value is -2.19. The molecule has 0 amide bonds. The fraction of sp³-hybridized carbons (Fsp3) is 0.217. The number of nitrogens with zero attached hydrogens (tertiary/aromatic N) is 1. The lowest BCUT2D eigenvalue weighted by Gasteiger charge is -2.33. The molecule has 1 heterocycles. The molecule has 0 fully saturated rings. The SMILES string of the molecule is N#CC1=C(SCc2ccccc2)NC2=C(C(=O)CCC2)C1c1cccc(Cl)c1Cl. The van der Waals surface area contributed by atoms with E-state index in [1.807, 2.05) is 30.3 Å².